The Morgan fingerprint density at radius 1 is 0.880 bits per heavy atom. The van der Waals surface area contributed by atoms with E-state index in [0.29, 0.717) is 0 Å². The third kappa shape index (κ3) is 7.98. The van der Waals surface area contributed by atoms with Crippen LogP contribution in [0.15, 0.2) is 30.6 Å². The highest BCUT2D eigenvalue weighted by atomic mass is 32.3. The largest absolute Gasteiger partial charge is 0.480 e. The Morgan fingerprint density at radius 2 is 1.28 bits per heavy atom. The van der Waals surface area contributed by atoms with Gasteiger partial charge in [0.25, 0.3) is 0 Å². The summed E-state index contributed by atoms with van der Waals surface area (Å²) < 4.78 is 116. The molecule has 0 radical (unpaired) electrons. The van der Waals surface area contributed by atoms with Crippen molar-refractivity contribution in [3.8, 4) is 0 Å². The predicted molar refractivity (Wildman–Crippen MR) is 71.8 cm³/mol. The first kappa shape index (κ1) is 23.5. The van der Waals surface area contributed by atoms with Gasteiger partial charge in [-0.25, -0.2) is 21.4 Å². The number of hydrogen-bond donors (Lipinski definition) is 0. The normalized spacial score (nSPS) is 13.1. The SMILES string of the molecule is COCC[n+]1ccccc1.O=S(=O)([N-]S(=O)(=O)C(F)(F)F)C(F)(F)F. The number of sulfonamides is 2. The Bertz CT molecular complexity index is 689. The molecule has 0 atom stereocenters. The highest BCUT2D eigenvalue weighted by Gasteiger charge is 2.46. The van der Waals surface area contributed by atoms with Gasteiger partial charge >= 0.3 is 11.0 Å². The lowest BCUT2D eigenvalue weighted by atomic mass is 10.5. The molecule has 1 aromatic heterocycles. The molecule has 0 unspecified atom stereocenters. The van der Waals surface area contributed by atoms with E-state index in [0.717, 1.165) is 17.3 Å². The molecule has 146 valence electrons. The number of aromatic nitrogens is 1. The van der Waals surface area contributed by atoms with Gasteiger partial charge in [-0.2, -0.15) is 26.3 Å². The number of halogens is 6. The molecule has 7 nitrogen and oxygen atoms in total. The summed E-state index contributed by atoms with van der Waals surface area (Å²) in [4.78, 5) is 0. The van der Waals surface area contributed by atoms with Gasteiger partial charge in [0.05, 0.1) is 0 Å². The highest BCUT2D eigenvalue weighted by Crippen LogP contribution is 2.36. The maximum Gasteiger partial charge on any atom is 0.480 e. The quantitative estimate of drug-likeness (QED) is 0.536. The van der Waals surface area contributed by atoms with Crippen LogP contribution in [-0.2, 0) is 31.3 Å². The monoisotopic (exact) mass is 418 g/mol. The Morgan fingerprint density at radius 3 is 1.60 bits per heavy atom. The molecule has 0 aromatic carbocycles. The van der Waals surface area contributed by atoms with Crippen LogP contribution in [0, 0.1) is 0 Å². The predicted octanol–water partition coefficient (Wildman–Crippen LogP) is 1.68. The molecule has 0 saturated heterocycles. The second-order valence-corrected chi connectivity index (χ2v) is 7.44. The summed E-state index contributed by atoms with van der Waals surface area (Å²) in [5.41, 5.74) is -12.4. The molecule has 0 spiro atoms. The minimum Gasteiger partial charge on any atom is -0.421 e. The van der Waals surface area contributed by atoms with Crippen molar-refractivity contribution < 1.29 is 52.5 Å². The summed E-state index contributed by atoms with van der Waals surface area (Å²) in [5, 5.41) is 0. The Kier molecular flexibility index (Phi) is 8.26. The van der Waals surface area contributed by atoms with Crippen LogP contribution in [0.4, 0.5) is 26.3 Å². The molecule has 0 amide bonds. The van der Waals surface area contributed by atoms with Crippen molar-refractivity contribution in [1.29, 1.82) is 0 Å². The molecule has 1 heterocycles. The summed E-state index contributed by atoms with van der Waals surface area (Å²) in [7, 11) is -11.7. The first-order valence-corrected chi connectivity index (χ1v) is 8.82. The first-order chi connectivity index (χ1) is 11.1. The van der Waals surface area contributed by atoms with Gasteiger partial charge in [0.1, 0.15) is 6.61 Å². The average molecular weight is 418 g/mol. The molecule has 0 aliphatic carbocycles. The Balaban J connectivity index is 0.000000496. The van der Waals surface area contributed by atoms with Gasteiger partial charge < -0.3 is 8.86 Å². The van der Waals surface area contributed by atoms with Crippen molar-refractivity contribution in [3.05, 3.63) is 34.7 Å². The van der Waals surface area contributed by atoms with Gasteiger partial charge in [-0.1, -0.05) is 6.07 Å². The Labute approximate surface area is 139 Å². The zero-order valence-electron chi connectivity index (χ0n) is 12.3. The highest BCUT2D eigenvalue weighted by molar-refractivity contribution is 8.13. The van der Waals surface area contributed by atoms with E-state index in [1.165, 1.54) is 0 Å². The summed E-state index contributed by atoms with van der Waals surface area (Å²) in [6.45, 7) is 1.70. The van der Waals surface area contributed by atoms with Crippen LogP contribution in [0.2, 0.25) is 0 Å². The average Bonchev–Trinajstić information content (AvgIpc) is 2.43. The van der Waals surface area contributed by atoms with Crippen molar-refractivity contribution >= 4 is 20.0 Å². The summed E-state index contributed by atoms with van der Waals surface area (Å²) >= 11 is 0. The minimum atomic E-state index is -6.72. The fourth-order valence-electron chi connectivity index (χ4n) is 0.994. The molecule has 0 bridgehead atoms. The molecule has 0 aliphatic rings. The zero-order valence-corrected chi connectivity index (χ0v) is 14.0. The fraction of sp³-hybridized carbons (Fsp3) is 0.500. The third-order valence-corrected chi connectivity index (χ3v) is 4.85. The van der Waals surface area contributed by atoms with E-state index in [2.05, 4.69) is 4.57 Å². The molecular formula is C10H12F6N2O5S2. The van der Waals surface area contributed by atoms with Crippen LogP contribution in [0.3, 0.4) is 0 Å². The molecule has 1 rings (SSSR count). The minimum absolute atomic E-state index is 0.772. The van der Waals surface area contributed by atoms with E-state index in [1.807, 2.05) is 30.6 Å². The van der Waals surface area contributed by atoms with Crippen LogP contribution in [0.25, 0.3) is 4.13 Å². The number of methoxy groups -OCH3 is 1. The lowest BCUT2D eigenvalue weighted by Gasteiger charge is -2.22. The van der Waals surface area contributed by atoms with Crippen LogP contribution in [-0.4, -0.2) is 41.6 Å². The molecule has 0 saturated carbocycles. The molecule has 25 heavy (non-hydrogen) atoms. The third-order valence-electron chi connectivity index (χ3n) is 2.11. The van der Waals surface area contributed by atoms with E-state index in [4.69, 9.17) is 4.74 Å². The van der Waals surface area contributed by atoms with Gasteiger partial charge in [0.2, 0.25) is 0 Å². The van der Waals surface area contributed by atoms with Crippen molar-refractivity contribution in [2.75, 3.05) is 13.7 Å². The first-order valence-electron chi connectivity index (χ1n) is 5.94. The molecular weight excluding hydrogens is 406 g/mol. The fourth-order valence-corrected chi connectivity index (χ4v) is 2.70. The second kappa shape index (κ2) is 8.77. The standard InChI is InChI=1S/C8H12NO.C2F6NO4S2/c1-10-8-7-9-5-3-2-4-6-9;3-1(4,5)14(10,11)9-15(12,13)2(6,7)8/h2-6H,7-8H2,1H3;/q+1;-1. The van der Waals surface area contributed by atoms with Crippen LogP contribution >= 0.6 is 0 Å². The number of alkyl halides is 6. The van der Waals surface area contributed by atoms with E-state index >= 15 is 0 Å². The van der Waals surface area contributed by atoms with Crippen molar-refractivity contribution in [3.63, 3.8) is 0 Å². The van der Waals surface area contributed by atoms with E-state index in [9.17, 15) is 43.2 Å². The van der Waals surface area contributed by atoms with E-state index < -0.39 is 31.1 Å². The van der Waals surface area contributed by atoms with Crippen LogP contribution in [0.5, 0.6) is 0 Å². The molecule has 1 aromatic rings. The smallest absolute Gasteiger partial charge is 0.421 e. The summed E-state index contributed by atoms with van der Waals surface area (Å²) in [6.07, 6.45) is 4.05. The van der Waals surface area contributed by atoms with Gasteiger partial charge in [0, 0.05) is 19.2 Å². The second-order valence-electron chi connectivity index (χ2n) is 4.02. The molecule has 15 heteroatoms. The number of pyridine rings is 1. The zero-order chi connectivity index (χ0) is 19.9. The molecule has 0 aliphatic heterocycles. The topological polar surface area (TPSA) is 95.5 Å². The number of rotatable bonds is 5. The maximum atomic E-state index is 11.4. The van der Waals surface area contributed by atoms with Gasteiger partial charge in [-0.05, 0) is 0 Å². The Hall–Kier alpha value is -1.45. The van der Waals surface area contributed by atoms with Crippen molar-refractivity contribution in [2.45, 2.75) is 17.6 Å². The summed E-state index contributed by atoms with van der Waals surface area (Å²) in [6, 6.07) is 6.02. The molecule has 0 fully saturated rings. The number of nitrogens with zero attached hydrogens (tertiary/aromatic N) is 2. The van der Waals surface area contributed by atoms with Gasteiger partial charge in [-0.3, -0.25) is 0 Å². The van der Waals surface area contributed by atoms with E-state index in [-0.39, 0.29) is 0 Å². The van der Waals surface area contributed by atoms with Crippen molar-refractivity contribution in [1.82, 2.24) is 0 Å². The van der Waals surface area contributed by atoms with Crippen LogP contribution in [0.1, 0.15) is 0 Å². The lowest BCUT2D eigenvalue weighted by Crippen LogP contribution is -2.34. The maximum absolute atomic E-state index is 11.4. The number of ether oxygens (including phenoxy) is 1. The lowest BCUT2D eigenvalue weighted by molar-refractivity contribution is -0.698. The molecule has 0 N–H and O–H groups in total. The van der Waals surface area contributed by atoms with Crippen molar-refractivity contribution in [2.24, 2.45) is 0 Å². The number of hydrogen-bond acceptors (Lipinski definition) is 5. The van der Waals surface area contributed by atoms with Crippen LogP contribution < -0.4 is 4.57 Å². The van der Waals surface area contributed by atoms with E-state index in [1.54, 1.807) is 7.11 Å². The summed E-state index contributed by atoms with van der Waals surface area (Å²) in [5.74, 6) is 0. The van der Waals surface area contributed by atoms with Gasteiger partial charge in [-0.15, -0.1) is 0 Å². The van der Waals surface area contributed by atoms with Gasteiger partial charge in [0.15, 0.2) is 39.0 Å².